The molecule has 1 heterocycles. The molecule has 0 aromatic heterocycles. The summed E-state index contributed by atoms with van der Waals surface area (Å²) in [4.78, 5) is 17.7. The number of nitrogens with zero attached hydrogens (tertiary/aromatic N) is 2. The fourth-order valence-corrected chi connectivity index (χ4v) is 5.60. The Morgan fingerprint density at radius 2 is 1.56 bits per heavy atom. The normalized spacial score (nSPS) is 16.1. The highest BCUT2D eigenvalue weighted by Gasteiger charge is 2.39. The highest BCUT2D eigenvalue weighted by atomic mass is 19.4. The molecule has 1 unspecified atom stereocenters. The molecule has 208 valence electrons. The van der Waals surface area contributed by atoms with E-state index in [9.17, 15) is 18.0 Å². The Labute approximate surface area is 229 Å². The summed E-state index contributed by atoms with van der Waals surface area (Å²) in [6.45, 7) is 8.41. The molecule has 1 saturated heterocycles. The predicted octanol–water partition coefficient (Wildman–Crippen LogP) is 7.19. The van der Waals surface area contributed by atoms with E-state index < -0.39 is 17.2 Å². The second-order valence-corrected chi connectivity index (χ2v) is 10.0. The van der Waals surface area contributed by atoms with Gasteiger partial charge in [0.05, 0.1) is 17.6 Å². The van der Waals surface area contributed by atoms with E-state index in [1.807, 2.05) is 62.4 Å². The first-order valence-electron chi connectivity index (χ1n) is 13.7. The number of anilines is 1. The van der Waals surface area contributed by atoms with Crippen molar-refractivity contribution in [2.24, 2.45) is 0 Å². The average molecular weight is 539 g/mol. The van der Waals surface area contributed by atoms with Crippen molar-refractivity contribution in [1.29, 1.82) is 0 Å². The zero-order valence-electron chi connectivity index (χ0n) is 22.7. The molecule has 0 N–H and O–H groups in total. The molecule has 7 heteroatoms. The predicted molar refractivity (Wildman–Crippen MR) is 150 cm³/mol. The van der Waals surface area contributed by atoms with Crippen molar-refractivity contribution in [1.82, 2.24) is 4.90 Å². The maximum Gasteiger partial charge on any atom is 0.417 e. The highest BCUT2D eigenvalue weighted by Crippen LogP contribution is 2.38. The number of alkyl halides is 3. The number of hydrogen-bond donors (Lipinski definition) is 0. The molecule has 1 aliphatic heterocycles. The van der Waals surface area contributed by atoms with Crippen LogP contribution in [0.4, 0.5) is 18.9 Å². The van der Waals surface area contributed by atoms with Gasteiger partial charge in [0.15, 0.2) is 0 Å². The van der Waals surface area contributed by atoms with Crippen molar-refractivity contribution in [3.63, 3.8) is 0 Å². The number of benzene rings is 3. The van der Waals surface area contributed by atoms with E-state index in [1.165, 1.54) is 12.1 Å². The topological polar surface area (TPSA) is 32.8 Å². The largest absolute Gasteiger partial charge is 0.465 e. The van der Waals surface area contributed by atoms with Crippen LogP contribution in [-0.2, 0) is 21.1 Å². The zero-order valence-corrected chi connectivity index (χ0v) is 22.7. The Balaban J connectivity index is 1.38. The van der Waals surface area contributed by atoms with E-state index in [2.05, 4.69) is 9.80 Å². The van der Waals surface area contributed by atoms with Crippen molar-refractivity contribution in [2.45, 2.75) is 44.7 Å². The first kappa shape index (κ1) is 28.7. The summed E-state index contributed by atoms with van der Waals surface area (Å²) >= 11 is 0. The molecule has 0 spiro atoms. The van der Waals surface area contributed by atoms with Crippen LogP contribution < -0.4 is 4.90 Å². The molecule has 4 rings (SSSR count). The number of ether oxygens (including phenoxy) is 1. The van der Waals surface area contributed by atoms with Gasteiger partial charge < -0.3 is 9.64 Å². The summed E-state index contributed by atoms with van der Waals surface area (Å²) in [6, 6.07) is 23.0. The average Bonchev–Trinajstić information content (AvgIpc) is 2.96. The number of carbonyl (C=O) groups excluding carboxylic acids is 1. The molecule has 1 fully saturated rings. The van der Waals surface area contributed by atoms with Gasteiger partial charge >= 0.3 is 12.1 Å². The fraction of sp³-hybridized carbons (Fsp3) is 0.406. The van der Waals surface area contributed by atoms with Gasteiger partial charge in [-0.25, -0.2) is 0 Å². The lowest BCUT2D eigenvalue weighted by atomic mass is 9.74. The molecule has 3 aromatic carbocycles. The van der Waals surface area contributed by atoms with Gasteiger partial charge in [0.25, 0.3) is 0 Å². The first-order valence-corrected chi connectivity index (χ1v) is 13.7. The summed E-state index contributed by atoms with van der Waals surface area (Å²) < 4.78 is 46.2. The van der Waals surface area contributed by atoms with Crippen LogP contribution in [0.2, 0.25) is 0 Å². The third kappa shape index (κ3) is 6.64. The Morgan fingerprint density at radius 1 is 0.872 bits per heavy atom. The van der Waals surface area contributed by atoms with Gasteiger partial charge in [-0.3, -0.25) is 9.69 Å². The number of esters is 1. The van der Waals surface area contributed by atoms with Gasteiger partial charge in [0.2, 0.25) is 0 Å². The maximum atomic E-state index is 13.6. The van der Waals surface area contributed by atoms with E-state index in [0.717, 1.165) is 56.5 Å². The lowest BCUT2D eigenvalue weighted by Crippen LogP contribution is -2.47. The molecule has 0 radical (unpaired) electrons. The van der Waals surface area contributed by atoms with Crippen LogP contribution in [0.1, 0.15) is 44.2 Å². The second kappa shape index (κ2) is 12.7. The Bertz CT molecular complexity index is 1220. The fourth-order valence-electron chi connectivity index (χ4n) is 5.60. The van der Waals surface area contributed by atoms with Crippen LogP contribution in [0, 0.1) is 0 Å². The minimum Gasteiger partial charge on any atom is -0.465 e. The number of halogens is 3. The number of carbonyl (C=O) groups is 1. The highest BCUT2D eigenvalue weighted by molar-refractivity contribution is 5.83. The first-order chi connectivity index (χ1) is 18.8. The SMILES string of the molecule is CCOC(=O)C(CC)(CCCN1CCN(c2cccc(-c3ccccc3C(F)(F)F)c2)CC1)c1ccccc1. The summed E-state index contributed by atoms with van der Waals surface area (Å²) in [5.41, 5.74) is 1.44. The third-order valence-corrected chi connectivity index (χ3v) is 7.80. The molecule has 1 aliphatic rings. The molecule has 0 amide bonds. The lowest BCUT2D eigenvalue weighted by molar-refractivity contribution is -0.151. The number of rotatable bonds is 10. The minimum atomic E-state index is -4.40. The lowest BCUT2D eigenvalue weighted by Gasteiger charge is -2.37. The van der Waals surface area contributed by atoms with E-state index in [1.54, 1.807) is 12.1 Å². The van der Waals surface area contributed by atoms with Crippen molar-refractivity contribution >= 4 is 11.7 Å². The van der Waals surface area contributed by atoms with E-state index in [0.29, 0.717) is 25.0 Å². The van der Waals surface area contributed by atoms with Crippen molar-refractivity contribution in [2.75, 3.05) is 44.2 Å². The van der Waals surface area contributed by atoms with Crippen molar-refractivity contribution in [3.05, 3.63) is 90.0 Å². The summed E-state index contributed by atoms with van der Waals surface area (Å²) in [6.07, 6.45) is -2.14. The van der Waals surface area contributed by atoms with Gasteiger partial charge in [-0.15, -0.1) is 0 Å². The smallest absolute Gasteiger partial charge is 0.417 e. The van der Waals surface area contributed by atoms with E-state index in [-0.39, 0.29) is 11.5 Å². The van der Waals surface area contributed by atoms with Gasteiger partial charge in [0.1, 0.15) is 0 Å². The molecular weight excluding hydrogens is 501 g/mol. The zero-order chi connectivity index (χ0) is 27.9. The minimum absolute atomic E-state index is 0.157. The van der Waals surface area contributed by atoms with E-state index in [4.69, 9.17) is 4.74 Å². The Kier molecular flexibility index (Phi) is 9.33. The Morgan fingerprint density at radius 3 is 2.23 bits per heavy atom. The molecule has 0 saturated carbocycles. The van der Waals surface area contributed by atoms with Crippen molar-refractivity contribution < 1.29 is 22.7 Å². The molecule has 1 atom stereocenters. The van der Waals surface area contributed by atoms with Gasteiger partial charge in [-0.1, -0.05) is 67.6 Å². The molecule has 0 bridgehead atoms. The summed E-state index contributed by atoms with van der Waals surface area (Å²) in [5, 5.41) is 0. The van der Waals surface area contributed by atoms with Gasteiger partial charge in [-0.2, -0.15) is 13.2 Å². The third-order valence-electron chi connectivity index (χ3n) is 7.80. The quantitative estimate of drug-likeness (QED) is 0.256. The standard InChI is InChI=1S/C32H37F3N2O2/c1-3-31(30(38)39-4-2,26-13-6-5-7-14-26)18-11-19-36-20-22-37(23-21-36)27-15-10-12-25(24-27)28-16-8-9-17-29(28)32(33,34)35/h5-10,12-17,24H,3-4,11,18-23H2,1-2H3. The number of hydrogen-bond acceptors (Lipinski definition) is 4. The number of piperazine rings is 1. The summed E-state index contributed by atoms with van der Waals surface area (Å²) in [7, 11) is 0. The molecule has 0 aliphatic carbocycles. The van der Waals surface area contributed by atoms with Gasteiger partial charge in [-0.05, 0) is 67.6 Å². The van der Waals surface area contributed by atoms with Gasteiger partial charge in [0, 0.05) is 31.9 Å². The maximum absolute atomic E-state index is 13.6. The van der Waals surface area contributed by atoms with Crippen LogP contribution in [0.25, 0.3) is 11.1 Å². The Hall–Kier alpha value is -3.32. The molecular formula is C32H37F3N2O2. The molecule has 39 heavy (non-hydrogen) atoms. The van der Waals surface area contributed by atoms with Crippen LogP contribution >= 0.6 is 0 Å². The van der Waals surface area contributed by atoms with E-state index >= 15 is 0 Å². The summed E-state index contributed by atoms with van der Waals surface area (Å²) in [5.74, 6) is -0.157. The van der Waals surface area contributed by atoms with Crippen LogP contribution in [0.15, 0.2) is 78.9 Å². The second-order valence-electron chi connectivity index (χ2n) is 10.0. The van der Waals surface area contributed by atoms with Crippen molar-refractivity contribution in [3.8, 4) is 11.1 Å². The van der Waals surface area contributed by atoms with Crippen LogP contribution in [-0.4, -0.2) is 50.2 Å². The molecule has 3 aromatic rings. The molecule has 4 nitrogen and oxygen atoms in total. The van der Waals surface area contributed by atoms with Crippen LogP contribution in [0.3, 0.4) is 0 Å². The monoisotopic (exact) mass is 538 g/mol. The van der Waals surface area contributed by atoms with Crippen LogP contribution in [0.5, 0.6) is 0 Å².